The van der Waals surface area contributed by atoms with Crippen molar-refractivity contribution in [2.24, 2.45) is 4.99 Å². The van der Waals surface area contributed by atoms with E-state index in [0.29, 0.717) is 0 Å². The highest BCUT2D eigenvalue weighted by Crippen LogP contribution is 2.29. The van der Waals surface area contributed by atoms with Gasteiger partial charge in [-0.25, -0.2) is 9.79 Å². The lowest BCUT2D eigenvalue weighted by Gasteiger charge is -2.24. The summed E-state index contributed by atoms with van der Waals surface area (Å²) in [6, 6.07) is 5.78. The Morgan fingerprint density at radius 3 is 2.57 bits per heavy atom. The number of Topliss-reactive ketones (excluding diaryl/α,β-unsaturated/α-hetero) is 2. The van der Waals surface area contributed by atoms with Gasteiger partial charge < -0.3 is 9.64 Å². The fourth-order valence-electron chi connectivity index (χ4n) is 2.50. The molecule has 0 unspecified atom stereocenters. The van der Waals surface area contributed by atoms with E-state index in [4.69, 9.17) is 6.42 Å². The maximum absolute atomic E-state index is 13.1. The van der Waals surface area contributed by atoms with Crippen molar-refractivity contribution in [1.82, 2.24) is 4.90 Å². The Hall–Kier alpha value is -3.41. The first-order valence-corrected chi connectivity index (χ1v) is 7.95. The van der Waals surface area contributed by atoms with Gasteiger partial charge in [-0.2, -0.15) is 13.2 Å². The first-order chi connectivity index (χ1) is 13.2. The van der Waals surface area contributed by atoms with Crippen molar-refractivity contribution in [3.05, 3.63) is 47.3 Å². The van der Waals surface area contributed by atoms with E-state index in [1.807, 2.05) is 0 Å². The van der Waals surface area contributed by atoms with Crippen LogP contribution in [0.5, 0.6) is 0 Å². The Morgan fingerprint density at radius 2 is 1.96 bits per heavy atom. The number of benzene rings is 1. The van der Waals surface area contributed by atoms with Crippen LogP contribution in [0.25, 0.3) is 0 Å². The van der Waals surface area contributed by atoms with Gasteiger partial charge in [-0.1, -0.05) is 30.2 Å². The van der Waals surface area contributed by atoms with Gasteiger partial charge in [0, 0.05) is 18.2 Å². The number of esters is 1. The molecule has 1 heterocycles. The van der Waals surface area contributed by atoms with Gasteiger partial charge in [-0.3, -0.25) is 9.59 Å². The number of hydrogen-bond acceptors (Lipinski definition) is 6. The van der Waals surface area contributed by atoms with Crippen LogP contribution in [0.3, 0.4) is 0 Å². The molecule has 6 nitrogen and oxygen atoms in total. The number of alkyl halides is 3. The van der Waals surface area contributed by atoms with E-state index in [0.717, 1.165) is 18.2 Å². The van der Waals surface area contributed by atoms with Crippen LogP contribution in [0.15, 0.2) is 41.2 Å². The maximum atomic E-state index is 13.1. The van der Waals surface area contributed by atoms with Crippen LogP contribution in [0.2, 0.25) is 0 Å². The second kappa shape index (κ2) is 8.52. The summed E-state index contributed by atoms with van der Waals surface area (Å²) < 4.78 is 43.5. The molecule has 0 saturated heterocycles. The fraction of sp³-hybridized carbons (Fsp3) is 0.263. The Labute approximate surface area is 158 Å². The Balaban J connectivity index is 2.31. The molecule has 9 heteroatoms. The van der Waals surface area contributed by atoms with Gasteiger partial charge in [0.05, 0.1) is 20.2 Å². The molecule has 1 aliphatic rings. The summed E-state index contributed by atoms with van der Waals surface area (Å²) in [6.45, 7) is -0.334. The molecule has 1 aromatic rings. The number of carbonyl (C=O) groups excluding carboxylic acids is 3. The minimum atomic E-state index is -4.75. The molecule has 0 amide bonds. The van der Waals surface area contributed by atoms with E-state index >= 15 is 0 Å². The van der Waals surface area contributed by atoms with Crippen molar-refractivity contribution in [2.45, 2.75) is 12.6 Å². The third-order valence-corrected chi connectivity index (χ3v) is 3.80. The molecule has 0 fully saturated rings. The van der Waals surface area contributed by atoms with E-state index in [2.05, 4.69) is 15.6 Å². The summed E-state index contributed by atoms with van der Waals surface area (Å²) in [7, 11) is 1.04. The quantitative estimate of drug-likeness (QED) is 0.320. The van der Waals surface area contributed by atoms with Gasteiger partial charge in [0.1, 0.15) is 5.71 Å². The number of halogens is 3. The lowest BCUT2D eigenvalue weighted by molar-refractivity contribution is -0.135. The zero-order valence-corrected chi connectivity index (χ0v) is 14.7. The molecule has 0 spiro atoms. The molecule has 1 aromatic carbocycles. The number of terminal acetylenes is 1. The molecular weight excluding hydrogens is 377 g/mol. The molecule has 0 N–H and O–H groups in total. The molecule has 1 aliphatic heterocycles. The number of aliphatic imine (C=N–C) groups is 1. The summed E-state index contributed by atoms with van der Waals surface area (Å²) in [5.74, 6) is -0.578. The third-order valence-electron chi connectivity index (χ3n) is 3.80. The van der Waals surface area contributed by atoms with Gasteiger partial charge in [-0.05, 0) is 5.56 Å². The van der Waals surface area contributed by atoms with Crippen molar-refractivity contribution in [3.63, 3.8) is 0 Å². The van der Waals surface area contributed by atoms with E-state index in [1.54, 1.807) is 0 Å². The Bertz CT molecular complexity index is 910. The number of carbonyl (C=O) groups is 3. The number of ether oxygens (including phenoxy) is 1. The summed E-state index contributed by atoms with van der Waals surface area (Å²) in [5, 5.41) is 0. The van der Waals surface area contributed by atoms with Crippen LogP contribution in [0, 0.1) is 12.3 Å². The molecule has 146 valence electrons. The molecule has 0 atom stereocenters. The molecular formula is C19H15F3N2O4. The van der Waals surface area contributed by atoms with Gasteiger partial charge in [0.25, 0.3) is 5.78 Å². The summed E-state index contributed by atoms with van der Waals surface area (Å²) in [4.78, 5) is 40.7. The number of nitrogens with zero attached hydrogens (tertiary/aromatic N) is 2. The van der Waals surface area contributed by atoms with Crippen LogP contribution in [-0.2, 0) is 20.7 Å². The number of hydrogen-bond donors (Lipinski definition) is 0. The fourth-order valence-corrected chi connectivity index (χ4v) is 2.50. The van der Waals surface area contributed by atoms with Gasteiger partial charge in [0.15, 0.2) is 11.5 Å². The molecule has 28 heavy (non-hydrogen) atoms. The van der Waals surface area contributed by atoms with Gasteiger partial charge in [-0.15, -0.1) is 6.42 Å². The van der Waals surface area contributed by atoms with Crippen molar-refractivity contribution in [1.29, 1.82) is 0 Å². The van der Waals surface area contributed by atoms with E-state index in [1.165, 1.54) is 24.3 Å². The van der Waals surface area contributed by atoms with Crippen molar-refractivity contribution in [3.8, 4) is 12.3 Å². The smallest absolute Gasteiger partial charge is 0.434 e. The Kier molecular flexibility index (Phi) is 6.36. The van der Waals surface area contributed by atoms with Crippen molar-refractivity contribution >= 4 is 23.2 Å². The topological polar surface area (TPSA) is 76.0 Å². The lowest BCUT2D eigenvalue weighted by Crippen LogP contribution is -2.36. The second-order valence-corrected chi connectivity index (χ2v) is 5.76. The van der Waals surface area contributed by atoms with Gasteiger partial charge in [0.2, 0.25) is 0 Å². The second-order valence-electron chi connectivity index (χ2n) is 5.76. The van der Waals surface area contributed by atoms with E-state index in [9.17, 15) is 27.6 Å². The molecule has 2 rings (SSSR count). The largest absolute Gasteiger partial charge is 0.463 e. The molecule has 0 radical (unpaired) electrons. The zero-order valence-electron chi connectivity index (χ0n) is 14.7. The normalized spacial score (nSPS) is 13.9. The van der Waals surface area contributed by atoms with Crippen LogP contribution in [0.1, 0.15) is 15.9 Å². The summed E-state index contributed by atoms with van der Waals surface area (Å²) in [6.07, 6.45) is 0.738. The summed E-state index contributed by atoms with van der Waals surface area (Å²) >= 11 is 0. The number of methoxy groups -OCH3 is 1. The lowest BCUT2D eigenvalue weighted by atomic mass is 9.97. The monoisotopic (exact) mass is 392 g/mol. The van der Waals surface area contributed by atoms with Crippen molar-refractivity contribution in [2.75, 3.05) is 20.2 Å². The van der Waals surface area contributed by atoms with Crippen LogP contribution < -0.4 is 0 Å². The molecule has 0 aliphatic carbocycles. The number of ketones is 2. The molecule has 0 bridgehead atoms. The van der Waals surface area contributed by atoms with Gasteiger partial charge >= 0.3 is 12.1 Å². The molecule has 0 saturated carbocycles. The van der Waals surface area contributed by atoms with Crippen molar-refractivity contribution < 1.29 is 32.3 Å². The number of allylic oxidation sites excluding steroid dienone is 1. The first kappa shape index (κ1) is 20.9. The average molecular weight is 392 g/mol. The maximum Gasteiger partial charge on any atom is 0.434 e. The minimum absolute atomic E-state index is 0.0637. The summed E-state index contributed by atoms with van der Waals surface area (Å²) in [5.41, 5.74) is -1.47. The third kappa shape index (κ3) is 4.85. The highest BCUT2D eigenvalue weighted by atomic mass is 19.4. The predicted molar refractivity (Wildman–Crippen MR) is 93.5 cm³/mol. The SMILES string of the molecule is C#CCN1C=C(C(F)(F)F)N=C(C(=O)Cc2ccccc2C(=O)C(=O)OC)C1. The standard InChI is InChI=1S/C19H15F3N2O4/c1-3-8-24-10-14(23-16(11-24)19(20,21)22)15(25)9-12-6-4-5-7-13(12)17(26)18(27)28-2/h1,4-7,11H,8-10H2,2H3. The average Bonchev–Trinajstić information content (AvgIpc) is 2.66. The highest BCUT2D eigenvalue weighted by Gasteiger charge is 2.37. The molecule has 0 aromatic heterocycles. The van der Waals surface area contributed by atoms with Crippen LogP contribution >= 0.6 is 0 Å². The van der Waals surface area contributed by atoms with E-state index < -0.39 is 35.8 Å². The van der Waals surface area contributed by atoms with Crippen LogP contribution in [-0.4, -0.2) is 54.5 Å². The first-order valence-electron chi connectivity index (χ1n) is 7.95. The predicted octanol–water partition coefficient (Wildman–Crippen LogP) is 1.95. The minimum Gasteiger partial charge on any atom is -0.463 e. The number of rotatable bonds is 6. The van der Waals surface area contributed by atoms with Crippen LogP contribution in [0.4, 0.5) is 13.2 Å². The zero-order chi connectivity index (χ0) is 20.9. The van der Waals surface area contributed by atoms with E-state index in [-0.39, 0.29) is 29.9 Å². The Morgan fingerprint density at radius 1 is 1.29 bits per heavy atom. The highest BCUT2D eigenvalue weighted by molar-refractivity contribution is 6.43.